The van der Waals surface area contributed by atoms with Crippen LogP contribution in [0.4, 0.5) is 0 Å². The maximum atomic E-state index is 13.6. The molecule has 0 radical (unpaired) electrons. The van der Waals surface area contributed by atoms with Crippen molar-refractivity contribution in [3.05, 3.63) is 0 Å². The number of ketones is 1. The Hall–Kier alpha value is -1.19. The molecule has 27 heavy (non-hydrogen) atoms. The first-order chi connectivity index (χ1) is 12.8. The highest BCUT2D eigenvalue weighted by Crippen LogP contribution is 2.61. The summed E-state index contributed by atoms with van der Waals surface area (Å²) < 4.78 is 5.51. The molecule has 3 fully saturated rings. The fraction of sp³-hybridized carbons (Fsp3) is 0.870. The van der Waals surface area contributed by atoms with Crippen LogP contribution >= 0.6 is 0 Å². The van der Waals surface area contributed by atoms with Gasteiger partial charge in [-0.05, 0) is 68.1 Å². The summed E-state index contributed by atoms with van der Waals surface area (Å²) in [6.45, 7) is 8.11. The molecule has 3 aliphatic carbocycles. The third kappa shape index (κ3) is 3.49. The van der Waals surface area contributed by atoms with E-state index in [-0.39, 0.29) is 34.7 Å². The summed E-state index contributed by atoms with van der Waals surface area (Å²) in [4.78, 5) is 36.1. The van der Waals surface area contributed by atoms with Crippen molar-refractivity contribution in [3.8, 4) is 0 Å². The van der Waals surface area contributed by atoms with Crippen LogP contribution in [0.1, 0.15) is 85.5 Å². The smallest absolute Gasteiger partial charge is 0.302 e. The zero-order chi connectivity index (χ0) is 19.8. The predicted molar refractivity (Wildman–Crippen MR) is 104 cm³/mol. The van der Waals surface area contributed by atoms with Crippen LogP contribution < -0.4 is 0 Å². The molecule has 0 N–H and O–H groups in total. The predicted octanol–water partition coefficient (Wildman–Crippen LogP) is 4.74. The maximum absolute atomic E-state index is 13.6. The molecule has 0 aliphatic heterocycles. The van der Waals surface area contributed by atoms with E-state index in [2.05, 4.69) is 20.8 Å². The van der Waals surface area contributed by atoms with Crippen LogP contribution in [-0.2, 0) is 19.1 Å². The molecular formula is C23H36O4. The zero-order valence-corrected chi connectivity index (χ0v) is 17.5. The van der Waals surface area contributed by atoms with Gasteiger partial charge in [-0.25, -0.2) is 0 Å². The summed E-state index contributed by atoms with van der Waals surface area (Å²) in [5.74, 6) is 1.57. The van der Waals surface area contributed by atoms with Gasteiger partial charge in [0.25, 0.3) is 0 Å². The summed E-state index contributed by atoms with van der Waals surface area (Å²) in [5, 5.41) is 0. The molecule has 0 amide bonds. The Kier molecular flexibility index (Phi) is 5.84. The molecule has 0 bridgehead atoms. The lowest BCUT2D eigenvalue weighted by molar-refractivity contribution is -0.163. The van der Waals surface area contributed by atoms with Crippen LogP contribution in [0.15, 0.2) is 0 Å². The second kappa shape index (κ2) is 7.67. The first kappa shape index (κ1) is 20.5. The van der Waals surface area contributed by atoms with E-state index in [9.17, 15) is 14.4 Å². The molecule has 0 saturated heterocycles. The van der Waals surface area contributed by atoms with Crippen molar-refractivity contribution in [2.24, 2.45) is 34.5 Å². The molecule has 0 aromatic heterocycles. The minimum atomic E-state index is -0.338. The van der Waals surface area contributed by atoms with Gasteiger partial charge < -0.3 is 9.53 Å². The second-order valence-corrected chi connectivity index (χ2v) is 9.83. The lowest BCUT2D eigenvalue weighted by Gasteiger charge is -2.58. The number of rotatable bonds is 5. The van der Waals surface area contributed by atoms with Crippen LogP contribution in [0.2, 0.25) is 0 Å². The summed E-state index contributed by atoms with van der Waals surface area (Å²) in [7, 11) is 0. The van der Waals surface area contributed by atoms with Crippen LogP contribution in [-0.4, -0.2) is 24.1 Å². The van der Waals surface area contributed by atoms with Crippen molar-refractivity contribution in [2.45, 2.75) is 91.6 Å². The average molecular weight is 377 g/mol. The topological polar surface area (TPSA) is 60.4 Å². The summed E-state index contributed by atoms with van der Waals surface area (Å²) in [5.41, 5.74) is -0.155. The van der Waals surface area contributed by atoms with Crippen molar-refractivity contribution in [1.82, 2.24) is 0 Å². The van der Waals surface area contributed by atoms with Gasteiger partial charge in [-0.3, -0.25) is 9.59 Å². The van der Waals surface area contributed by atoms with E-state index in [4.69, 9.17) is 4.74 Å². The number of ether oxygens (including phenoxy) is 1. The van der Waals surface area contributed by atoms with Crippen molar-refractivity contribution in [2.75, 3.05) is 0 Å². The number of carbonyl (C=O) groups excluding carboxylic acids is 3. The van der Waals surface area contributed by atoms with E-state index < -0.39 is 0 Å². The molecule has 0 aromatic rings. The monoisotopic (exact) mass is 376 g/mol. The highest BCUT2D eigenvalue weighted by atomic mass is 16.5. The molecule has 152 valence electrons. The van der Waals surface area contributed by atoms with Crippen LogP contribution in [0, 0.1) is 34.5 Å². The lowest BCUT2D eigenvalue weighted by Crippen LogP contribution is -2.56. The van der Waals surface area contributed by atoms with Gasteiger partial charge in [0.05, 0.1) is 0 Å². The molecule has 7 atom stereocenters. The number of hydrogen-bond donors (Lipinski definition) is 0. The molecular weight excluding hydrogens is 340 g/mol. The molecule has 2 unspecified atom stereocenters. The Morgan fingerprint density at radius 1 is 1.22 bits per heavy atom. The molecule has 3 aliphatic rings. The van der Waals surface area contributed by atoms with Gasteiger partial charge in [0.15, 0.2) is 0 Å². The largest absolute Gasteiger partial charge is 0.463 e. The molecule has 4 nitrogen and oxygen atoms in total. The maximum Gasteiger partial charge on any atom is 0.302 e. The number of esters is 1. The number of hydrogen-bond acceptors (Lipinski definition) is 4. The van der Waals surface area contributed by atoms with E-state index in [1.165, 1.54) is 6.92 Å². The standard InChI is InChI=1S/C23H36O4/c1-5-16(10-13-24)23(4)12-9-20-19(21(23)26)7-6-17-14-18(27-15(2)25)8-11-22(17,20)3/h13,16-20H,5-12,14H2,1-4H3/t16?,17?,18-,19+,20-,22-,23+/m0/s1. The van der Waals surface area contributed by atoms with E-state index in [1.807, 2.05) is 0 Å². The molecule has 0 aromatic carbocycles. The van der Waals surface area contributed by atoms with E-state index >= 15 is 0 Å². The molecule has 3 rings (SSSR count). The summed E-state index contributed by atoms with van der Waals surface area (Å²) in [6, 6.07) is 0. The number of aldehydes is 1. The van der Waals surface area contributed by atoms with Gasteiger partial charge in [-0.1, -0.05) is 27.2 Å². The van der Waals surface area contributed by atoms with Crippen molar-refractivity contribution >= 4 is 18.0 Å². The van der Waals surface area contributed by atoms with Gasteiger partial charge in [-0.15, -0.1) is 0 Å². The fourth-order valence-corrected chi connectivity index (χ4v) is 6.95. The quantitative estimate of drug-likeness (QED) is 0.514. The highest BCUT2D eigenvalue weighted by molar-refractivity contribution is 5.88. The highest BCUT2D eigenvalue weighted by Gasteiger charge is 2.58. The zero-order valence-electron chi connectivity index (χ0n) is 17.5. The minimum absolute atomic E-state index is 0.0544. The summed E-state index contributed by atoms with van der Waals surface area (Å²) >= 11 is 0. The van der Waals surface area contributed by atoms with Gasteiger partial charge in [-0.2, -0.15) is 0 Å². The van der Waals surface area contributed by atoms with Gasteiger partial charge in [0.2, 0.25) is 0 Å². The van der Waals surface area contributed by atoms with Gasteiger partial charge >= 0.3 is 5.97 Å². The Morgan fingerprint density at radius 2 is 1.96 bits per heavy atom. The fourth-order valence-electron chi connectivity index (χ4n) is 6.95. The van der Waals surface area contributed by atoms with Crippen LogP contribution in [0.5, 0.6) is 0 Å². The van der Waals surface area contributed by atoms with Crippen molar-refractivity contribution < 1.29 is 19.1 Å². The second-order valence-electron chi connectivity index (χ2n) is 9.83. The van der Waals surface area contributed by atoms with E-state index in [0.29, 0.717) is 24.0 Å². The number of Topliss-reactive ketones (excluding diaryl/α,β-unsaturated/α-hetero) is 1. The minimum Gasteiger partial charge on any atom is -0.463 e. The normalized spacial score (nSPS) is 42.6. The van der Waals surface area contributed by atoms with Crippen LogP contribution in [0.3, 0.4) is 0 Å². The number of carbonyl (C=O) groups is 3. The van der Waals surface area contributed by atoms with E-state index in [0.717, 1.165) is 57.7 Å². The molecule has 0 heterocycles. The Bertz CT molecular complexity index is 599. The lowest BCUT2D eigenvalue weighted by atomic mass is 9.46. The van der Waals surface area contributed by atoms with Gasteiger partial charge in [0.1, 0.15) is 18.2 Å². The van der Waals surface area contributed by atoms with Crippen molar-refractivity contribution in [3.63, 3.8) is 0 Å². The summed E-state index contributed by atoms with van der Waals surface area (Å²) in [6.07, 6.45) is 9.38. The Labute approximate surface area is 163 Å². The van der Waals surface area contributed by atoms with Crippen LogP contribution in [0.25, 0.3) is 0 Å². The van der Waals surface area contributed by atoms with Gasteiger partial charge in [0, 0.05) is 24.7 Å². The first-order valence-corrected chi connectivity index (χ1v) is 10.9. The molecule has 3 saturated carbocycles. The first-order valence-electron chi connectivity index (χ1n) is 10.9. The number of fused-ring (bicyclic) bond motifs is 3. The third-order valence-corrected chi connectivity index (χ3v) is 8.63. The third-order valence-electron chi connectivity index (χ3n) is 8.63. The van der Waals surface area contributed by atoms with E-state index in [1.54, 1.807) is 0 Å². The Balaban J connectivity index is 1.78. The molecule has 0 spiro atoms. The van der Waals surface area contributed by atoms with Crippen molar-refractivity contribution in [1.29, 1.82) is 0 Å². The molecule has 4 heteroatoms. The SMILES string of the molecule is CCC(CC=O)[C@@]1(C)CC[C@H]2[C@@H](CCC3C[C@@H](OC(C)=O)CC[C@@]32C)C1=O. The average Bonchev–Trinajstić information content (AvgIpc) is 2.62. The Morgan fingerprint density at radius 3 is 2.59 bits per heavy atom.